The molecule has 4 heterocycles. The molecule has 0 unspecified atom stereocenters. The molecule has 1 aromatic carbocycles. The molecule has 1 aliphatic heterocycles. The van der Waals surface area contributed by atoms with Crippen molar-refractivity contribution >= 4 is 17.6 Å². The van der Waals surface area contributed by atoms with Gasteiger partial charge in [0.25, 0.3) is 0 Å². The van der Waals surface area contributed by atoms with Crippen molar-refractivity contribution in [2.45, 2.75) is 26.3 Å². The topological polar surface area (TPSA) is 126 Å². The Morgan fingerprint density at radius 2 is 1.89 bits per heavy atom. The SMILES string of the molecule is CC(C)c1cc(Nc2cc(OCCN3CCOCC3)nc(NCc3cc(-c4ccccc4)no3)n2)n[nH]1. The Morgan fingerprint density at radius 1 is 1.05 bits per heavy atom. The highest BCUT2D eigenvalue weighted by Crippen LogP contribution is 2.23. The van der Waals surface area contributed by atoms with Crippen LogP contribution in [-0.2, 0) is 11.3 Å². The summed E-state index contributed by atoms with van der Waals surface area (Å²) < 4.78 is 16.9. The molecule has 0 bridgehead atoms. The van der Waals surface area contributed by atoms with E-state index in [4.69, 9.17) is 14.0 Å². The number of morpholine rings is 1. The highest BCUT2D eigenvalue weighted by atomic mass is 16.5. The van der Waals surface area contributed by atoms with E-state index in [-0.39, 0.29) is 0 Å². The first-order chi connectivity index (χ1) is 18.1. The summed E-state index contributed by atoms with van der Waals surface area (Å²) >= 11 is 0. The Morgan fingerprint density at radius 3 is 2.68 bits per heavy atom. The molecule has 11 nitrogen and oxygen atoms in total. The fraction of sp³-hybridized carbons (Fsp3) is 0.385. The van der Waals surface area contributed by atoms with Gasteiger partial charge in [-0.25, -0.2) is 0 Å². The number of H-pyrrole nitrogens is 1. The summed E-state index contributed by atoms with van der Waals surface area (Å²) in [7, 11) is 0. The number of hydrogen-bond acceptors (Lipinski definition) is 10. The zero-order valence-corrected chi connectivity index (χ0v) is 21.1. The van der Waals surface area contributed by atoms with Crippen molar-refractivity contribution in [3.05, 3.63) is 60.0 Å². The summed E-state index contributed by atoms with van der Waals surface area (Å²) in [5.74, 6) is 3.13. The fourth-order valence-electron chi connectivity index (χ4n) is 3.88. The van der Waals surface area contributed by atoms with Gasteiger partial charge in [-0.2, -0.15) is 15.1 Å². The molecule has 1 fully saturated rings. The Labute approximate surface area is 215 Å². The lowest BCUT2D eigenvalue weighted by Crippen LogP contribution is -2.38. The van der Waals surface area contributed by atoms with Crippen molar-refractivity contribution < 1.29 is 14.0 Å². The number of benzene rings is 1. The normalized spacial score (nSPS) is 14.1. The Balaban J connectivity index is 1.27. The fourth-order valence-corrected chi connectivity index (χ4v) is 3.88. The first kappa shape index (κ1) is 24.7. The van der Waals surface area contributed by atoms with Crippen LogP contribution in [0.4, 0.5) is 17.6 Å². The summed E-state index contributed by atoms with van der Waals surface area (Å²) in [4.78, 5) is 11.5. The van der Waals surface area contributed by atoms with E-state index in [0.29, 0.717) is 48.3 Å². The summed E-state index contributed by atoms with van der Waals surface area (Å²) in [6.07, 6.45) is 0. The van der Waals surface area contributed by atoms with Crippen LogP contribution in [0.5, 0.6) is 5.88 Å². The average molecular weight is 505 g/mol. The second-order valence-electron chi connectivity index (χ2n) is 9.10. The van der Waals surface area contributed by atoms with Gasteiger partial charge in [-0.05, 0) is 5.92 Å². The molecule has 37 heavy (non-hydrogen) atoms. The van der Waals surface area contributed by atoms with Crippen LogP contribution in [0.15, 0.2) is 53.1 Å². The van der Waals surface area contributed by atoms with Crippen LogP contribution in [0, 0.1) is 0 Å². The van der Waals surface area contributed by atoms with Crippen LogP contribution < -0.4 is 15.4 Å². The van der Waals surface area contributed by atoms with Crippen molar-refractivity contribution in [1.82, 2.24) is 30.2 Å². The molecule has 0 saturated carbocycles. The zero-order valence-electron chi connectivity index (χ0n) is 21.1. The minimum Gasteiger partial charge on any atom is -0.476 e. The van der Waals surface area contributed by atoms with E-state index < -0.39 is 0 Å². The number of hydrogen-bond donors (Lipinski definition) is 3. The van der Waals surface area contributed by atoms with Gasteiger partial charge in [-0.3, -0.25) is 10.00 Å². The average Bonchev–Trinajstić information content (AvgIpc) is 3.59. The third-order valence-corrected chi connectivity index (χ3v) is 5.99. The highest BCUT2D eigenvalue weighted by Gasteiger charge is 2.13. The van der Waals surface area contributed by atoms with Gasteiger partial charge in [-0.1, -0.05) is 49.3 Å². The van der Waals surface area contributed by atoms with E-state index in [1.165, 1.54) is 0 Å². The molecule has 194 valence electrons. The monoisotopic (exact) mass is 504 g/mol. The van der Waals surface area contributed by atoms with Crippen molar-refractivity contribution in [1.29, 1.82) is 0 Å². The maximum atomic E-state index is 6.01. The van der Waals surface area contributed by atoms with Gasteiger partial charge in [0.2, 0.25) is 11.8 Å². The van der Waals surface area contributed by atoms with Gasteiger partial charge in [0.15, 0.2) is 11.6 Å². The highest BCUT2D eigenvalue weighted by molar-refractivity contribution is 5.59. The van der Waals surface area contributed by atoms with Crippen LogP contribution in [0.25, 0.3) is 11.3 Å². The molecule has 5 rings (SSSR count). The summed E-state index contributed by atoms with van der Waals surface area (Å²) in [5.41, 5.74) is 2.81. The molecule has 0 amide bonds. The minimum atomic E-state index is 0.340. The predicted octanol–water partition coefficient (Wildman–Crippen LogP) is 4.04. The van der Waals surface area contributed by atoms with Gasteiger partial charge in [0.05, 0.1) is 19.8 Å². The lowest BCUT2D eigenvalue weighted by atomic mass is 10.1. The first-order valence-corrected chi connectivity index (χ1v) is 12.5. The van der Waals surface area contributed by atoms with Crippen LogP contribution in [-0.4, -0.2) is 69.7 Å². The van der Waals surface area contributed by atoms with Crippen molar-refractivity contribution in [3.63, 3.8) is 0 Å². The second-order valence-corrected chi connectivity index (χ2v) is 9.10. The molecule has 1 aliphatic rings. The molecule has 0 atom stereocenters. The maximum Gasteiger partial charge on any atom is 0.228 e. The largest absolute Gasteiger partial charge is 0.476 e. The van der Waals surface area contributed by atoms with Crippen LogP contribution in [0.1, 0.15) is 31.2 Å². The van der Waals surface area contributed by atoms with E-state index in [9.17, 15) is 0 Å². The molecule has 0 spiro atoms. The molecule has 0 radical (unpaired) electrons. The predicted molar refractivity (Wildman–Crippen MR) is 140 cm³/mol. The Kier molecular flexibility index (Phi) is 7.92. The number of aromatic nitrogens is 5. The number of nitrogens with one attached hydrogen (secondary N) is 3. The van der Waals surface area contributed by atoms with E-state index in [0.717, 1.165) is 49.8 Å². The van der Waals surface area contributed by atoms with Crippen molar-refractivity contribution in [3.8, 4) is 17.1 Å². The van der Waals surface area contributed by atoms with Gasteiger partial charge < -0.3 is 24.6 Å². The van der Waals surface area contributed by atoms with Gasteiger partial charge in [-0.15, -0.1) is 0 Å². The lowest BCUT2D eigenvalue weighted by Gasteiger charge is -2.26. The Hall–Kier alpha value is -3.96. The summed E-state index contributed by atoms with van der Waals surface area (Å²) in [5, 5.41) is 18.0. The minimum absolute atomic E-state index is 0.340. The van der Waals surface area contributed by atoms with E-state index in [1.807, 2.05) is 42.5 Å². The molecule has 3 N–H and O–H groups in total. The first-order valence-electron chi connectivity index (χ1n) is 12.5. The van der Waals surface area contributed by atoms with E-state index in [1.54, 1.807) is 6.07 Å². The van der Waals surface area contributed by atoms with Gasteiger partial charge in [0.1, 0.15) is 18.1 Å². The third-order valence-electron chi connectivity index (χ3n) is 5.99. The van der Waals surface area contributed by atoms with Crippen LogP contribution >= 0.6 is 0 Å². The maximum absolute atomic E-state index is 6.01. The number of anilines is 3. The third kappa shape index (κ3) is 6.83. The second kappa shape index (κ2) is 11.8. The quantitative estimate of drug-likeness (QED) is 0.275. The molecular weight excluding hydrogens is 472 g/mol. The lowest BCUT2D eigenvalue weighted by molar-refractivity contribution is 0.0320. The summed E-state index contributed by atoms with van der Waals surface area (Å²) in [6, 6.07) is 15.5. The number of aromatic amines is 1. The molecule has 11 heteroatoms. The molecule has 0 aliphatic carbocycles. The standard InChI is InChI=1S/C26H32N8O3/c1-18(2)21-15-24(32-31-21)28-23-16-25(36-13-10-34-8-11-35-12-9-34)30-26(29-23)27-17-20-14-22(33-37-20)19-6-4-3-5-7-19/h3-7,14-16,18H,8-13,17H2,1-2H3,(H3,27,28,29,30,31,32). The number of ether oxygens (including phenoxy) is 2. The molecular formula is C26H32N8O3. The number of nitrogens with zero attached hydrogens (tertiary/aromatic N) is 5. The molecule has 4 aromatic rings. The molecule has 1 saturated heterocycles. The van der Waals surface area contributed by atoms with Crippen LogP contribution in [0.3, 0.4) is 0 Å². The van der Waals surface area contributed by atoms with Crippen LogP contribution in [0.2, 0.25) is 0 Å². The summed E-state index contributed by atoms with van der Waals surface area (Å²) in [6.45, 7) is 9.23. The smallest absolute Gasteiger partial charge is 0.228 e. The van der Waals surface area contributed by atoms with Gasteiger partial charge in [0, 0.05) is 49.1 Å². The van der Waals surface area contributed by atoms with E-state index >= 15 is 0 Å². The zero-order chi connectivity index (χ0) is 25.5. The van der Waals surface area contributed by atoms with Crippen molar-refractivity contribution in [2.75, 3.05) is 50.1 Å². The molecule has 3 aromatic heterocycles. The van der Waals surface area contributed by atoms with Crippen molar-refractivity contribution in [2.24, 2.45) is 0 Å². The number of rotatable bonds is 11. The van der Waals surface area contributed by atoms with Gasteiger partial charge >= 0.3 is 0 Å². The Bertz CT molecular complexity index is 1270. The van der Waals surface area contributed by atoms with E-state index in [2.05, 4.69) is 54.7 Å².